The fourth-order valence-corrected chi connectivity index (χ4v) is 3.13. The third kappa shape index (κ3) is 6.55. The topological polar surface area (TPSA) is 117 Å². The van der Waals surface area contributed by atoms with Crippen LogP contribution in [0.1, 0.15) is 38.7 Å². The highest BCUT2D eigenvalue weighted by Crippen LogP contribution is 2.23. The van der Waals surface area contributed by atoms with E-state index in [0.717, 1.165) is 5.56 Å². The Morgan fingerprint density at radius 3 is 2.47 bits per heavy atom. The molecular formula is C21H30N4O5. The Hall–Kier alpha value is -2.94. The molecule has 1 unspecified atom stereocenters. The number of anilines is 2. The standard InChI is InChI=1S/C21H30N4O5/c1-4-11-30-20(28)12-17-21(29)22-9-10-25(17)13-19(27)24-16-8-6-7-15(14(16)3)23-18(26)5-2/h6-8,17H,4-5,9-13H2,1-3H3,(H,22,29)(H,23,26)(H,24,27). The maximum atomic E-state index is 12.6. The van der Waals surface area contributed by atoms with E-state index in [1.165, 1.54) is 0 Å². The van der Waals surface area contributed by atoms with Crippen LogP contribution < -0.4 is 16.0 Å². The van der Waals surface area contributed by atoms with Gasteiger partial charge < -0.3 is 20.7 Å². The Bertz CT molecular complexity index is 796. The molecule has 1 saturated heterocycles. The highest BCUT2D eigenvalue weighted by atomic mass is 16.5. The van der Waals surface area contributed by atoms with Crippen molar-refractivity contribution in [2.45, 2.75) is 46.1 Å². The number of carbonyl (C=O) groups excluding carboxylic acids is 4. The van der Waals surface area contributed by atoms with Gasteiger partial charge in [-0.15, -0.1) is 0 Å². The van der Waals surface area contributed by atoms with Crippen LogP contribution in [0.25, 0.3) is 0 Å². The smallest absolute Gasteiger partial charge is 0.307 e. The molecule has 1 fully saturated rings. The zero-order valence-electron chi connectivity index (χ0n) is 17.7. The molecule has 2 rings (SSSR count). The van der Waals surface area contributed by atoms with Crippen LogP contribution in [-0.4, -0.2) is 60.9 Å². The highest BCUT2D eigenvalue weighted by molar-refractivity contribution is 5.97. The predicted octanol–water partition coefficient (Wildman–Crippen LogP) is 1.43. The van der Waals surface area contributed by atoms with E-state index in [9.17, 15) is 19.2 Å². The zero-order valence-corrected chi connectivity index (χ0v) is 17.7. The van der Waals surface area contributed by atoms with Crippen molar-refractivity contribution < 1.29 is 23.9 Å². The Labute approximate surface area is 176 Å². The molecule has 9 heteroatoms. The lowest BCUT2D eigenvalue weighted by molar-refractivity contribution is -0.148. The monoisotopic (exact) mass is 418 g/mol. The minimum atomic E-state index is -0.745. The number of carbonyl (C=O) groups is 4. The van der Waals surface area contributed by atoms with Crippen LogP contribution in [0.2, 0.25) is 0 Å². The molecule has 1 aliphatic heterocycles. The lowest BCUT2D eigenvalue weighted by atomic mass is 10.1. The van der Waals surface area contributed by atoms with Gasteiger partial charge in [0.1, 0.15) is 6.04 Å². The van der Waals surface area contributed by atoms with E-state index in [-0.39, 0.29) is 30.7 Å². The number of hydrogen-bond acceptors (Lipinski definition) is 6. The molecule has 0 saturated carbocycles. The van der Waals surface area contributed by atoms with Crippen LogP contribution in [0, 0.1) is 6.92 Å². The second-order valence-electron chi connectivity index (χ2n) is 7.13. The van der Waals surface area contributed by atoms with Crippen molar-refractivity contribution in [3.63, 3.8) is 0 Å². The van der Waals surface area contributed by atoms with Gasteiger partial charge in [-0.2, -0.15) is 0 Å². The number of nitrogens with zero attached hydrogens (tertiary/aromatic N) is 1. The maximum absolute atomic E-state index is 12.6. The molecule has 1 aromatic carbocycles. The number of nitrogens with one attached hydrogen (secondary N) is 3. The molecule has 0 aliphatic carbocycles. The summed E-state index contributed by atoms with van der Waals surface area (Å²) in [6.45, 7) is 6.59. The fourth-order valence-electron chi connectivity index (χ4n) is 3.13. The summed E-state index contributed by atoms with van der Waals surface area (Å²) in [5.74, 6) is -1.17. The predicted molar refractivity (Wildman–Crippen MR) is 113 cm³/mol. The van der Waals surface area contributed by atoms with Crippen LogP contribution >= 0.6 is 0 Å². The molecule has 9 nitrogen and oxygen atoms in total. The van der Waals surface area contributed by atoms with Gasteiger partial charge in [0.2, 0.25) is 17.7 Å². The molecule has 3 amide bonds. The minimum Gasteiger partial charge on any atom is -0.466 e. The third-order valence-corrected chi connectivity index (χ3v) is 4.82. The second kappa shape index (κ2) is 11.3. The summed E-state index contributed by atoms with van der Waals surface area (Å²) in [5.41, 5.74) is 1.95. The molecule has 1 atom stereocenters. The molecule has 30 heavy (non-hydrogen) atoms. The molecule has 1 heterocycles. The van der Waals surface area contributed by atoms with E-state index in [1.807, 2.05) is 13.8 Å². The summed E-state index contributed by atoms with van der Waals surface area (Å²) in [6.07, 6.45) is 0.956. The van der Waals surface area contributed by atoms with E-state index >= 15 is 0 Å². The number of amides is 3. The lowest BCUT2D eigenvalue weighted by Crippen LogP contribution is -2.57. The molecule has 0 aromatic heterocycles. The van der Waals surface area contributed by atoms with Gasteiger partial charge in [0.05, 0.1) is 19.6 Å². The molecule has 164 valence electrons. The Morgan fingerprint density at radius 1 is 1.17 bits per heavy atom. The maximum Gasteiger partial charge on any atom is 0.307 e. The number of rotatable bonds is 9. The summed E-state index contributed by atoms with van der Waals surface area (Å²) in [7, 11) is 0. The summed E-state index contributed by atoms with van der Waals surface area (Å²) in [6, 6.07) is 4.52. The van der Waals surface area contributed by atoms with E-state index in [4.69, 9.17) is 4.74 Å². The fraction of sp³-hybridized carbons (Fsp3) is 0.524. The average molecular weight is 418 g/mol. The second-order valence-corrected chi connectivity index (χ2v) is 7.13. The molecule has 0 bridgehead atoms. The molecule has 3 N–H and O–H groups in total. The van der Waals surface area contributed by atoms with Gasteiger partial charge in [0, 0.05) is 30.9 Å². The van der Waals surface area contributed by atoms with Gasteiger partial charge in [0.15, 0.2) is 0 Å². The first-order chi connectivity index (χ1) is 14.3. The van der Waals surface area contributed by atoms with Gasteiger partial charge >= 0.3 is 5.97 Å². The molecule has 1 aromatic rings. The largest absolute Gasteiger partial charge is 0.466 e. The van der Waals surface area contributed by atoms with Gasteiger partial charge in [-0.3, -0.25) is 24.1 Å². The van der Waals surface area contributed by atoms with Crippen molar-refractivity contribution in [3.05, 3.63) is 23.8 Å². The van der Waals surface area contributed by atoms with Crippen molar-refractivity contribution in [3.8, 4) is 0 Å². The summed E-state index contributed by atoms with van der Waals surface area (Å²) in [5, 5.41) is 8.36. The van der Waals surface area contributed by atoms with Gasteiger partial charge in [0.25, 0.3) is 0 Å². The Balaban J connectivity index is 2.03. The van der Waals surface area contributed by atoms with Crippen LogP contribution in [0.4, 0.5) is 11.4 Å². The van der Waals surface area contributed by atoms with E-state index < -0.39 is 12.0 Å². The van der Waals surface area contributed by atoms with Crippen molar-refractivity contribution in [1.82, 2.24) is 10.2 Å². The van der Waals surface area contributed by atoms with Gasteiger partial charge in [-0.1, -0.05) is 19.9 Å². The first kappa shape index (κ1) is 23.3. The van der Waals surface area contributed by atoms with Crippen LogP contribution in [-0.2, 0) is 23.9 Å². The van der Waals surface area contributed by atoms with Crippen LogP contribution in [0.15, 0.2) is 18.2 Å². The van der Waals surface area contributed by atoms with E-state index in [1.54, 1.807) is 30.0 Å². The van der Waals surface area contributed by atoms with Crippen molar-refractivity contribution in [1.29, 1.82) is 0 Å². The number of esters is 1. The number of hydrogen-bond donors (Lipinski definition) is 3. The number of benzene rings is 1. The number of ether oxygens (including phenoxy) is 1. The summed E-state index contributed by atoms with van der Waals surface area (Å²) >= 11 is 0. The van der Waals surface area contributed by atoms with E-state index in [2.05, 4.69) is 16.0 Å². The average Bonchev–Trinajstić information content (AvgIpc) is 2.71. The SMILES string of the molecule is CCCOC(=O)CC1C(=O)NCCN1CC(=O)Nc1cccc(NC(=O)CC)c1C. The summed E-state index contributed by atoms with van der Waals surface area (Å²) in [4.78, 5) is 50.2. The molecule has 0 radical (unpaired) electrons. The van der Waals surface area contributed by atoms with Crippen molar-refractivity contribution in [2.75, 3.05) is 36.9 Å². The lowest BCUT2D eigenvalue weighted by Gasteiger charge is -2.33. The highest BCUT2D eigenvalue weighted by Gasteiger charge is 2.33. The molecule has 1 aliphatic rings. The summed E-state index contributed by atoms with van der Waals surface area (Å²) < 4.78 is 5.08. The quantitative estimate of drug-likeness (QED) is 0.522. The van der Waals surface area contributed by atoms with Crippen molar-refractivity contribution in [2.24, 2.45) is 0 Å². The van der Waals surface area contributed by atoms with Crippen LogP contribution in [0.5, 0.6) is 0 Å². The third-order valence-electron chi connectivity index (χ3n) is 4.82. The Kier molecular flexibility index (Phi) is 8.79. The zero-order chi connectivity index (χ0) is 22.1. The molecular weight excluding hydrogens is 388 g/mol. The normalized spacial score (nSPS) is 16.5. The van der Waals surface area contributed by atoms with Crippen molar-refractivity contribution >= 4 is 35.1 Å². The molecule has 0 spiro atoms. The Morgan fingerprint density at radius 2 is 1.83 bits per heavy atom. The van der Waals surface area contributed by atoms with Gasteiger partial charge in [-0.05, 0) is 31.0 Å². The minimum absolute atomic E-state index is 0.0376. The first-order valence-electron chi connectivity index (χ1n) is 10.2. The number of piperazine rings is 1. The van der Waals surface area contributed by atoms with E-state index in [0.29, 0.717) is 43.9 Å². The van der Waals surface area contributed by atoms with Gasteiger partial charge in [-0.25, -0.2) is 0 Å². The van der Waals surface area contributed by atoms with Crippen LogP contribution in [0.3, 0.4) is 0 Å². The first-order valence-corrected chi connectivity index (χ1v) is 10.2.